The lowest BCUT2D eigenvalue weighted by Gasteiger charge is -2.12. The van der Waals surface area contributed by atoms with E-state index in [0.717, 1.165) is 11.5 Å². The van der Waals surface area contributed by atoms with Crippen LogP contribution in [-0.4, -0.2) is 21.7 Å². The van der Waals surface area contributed by atoms with E-state index in [4.69, 9.17) is 0 Å². The van der Waals surface area contributed by atoms with Crippen molar-refractivity contribution in [3.8, 4) is 0 Å². The van der Waals surface area contributed by atoms with Gasteiger partial charge in [0.2, 0.25) is 0 Å². The van der Waals surface area contributed by atoms with E-state index in [1.807, 2.05) is 6.92 Å². The molecule has 6 nitrogen and oxygen atoms in total. The van der Waals surface area contributed by atoms with Crippen LogP contribution in [0.5, 0.6) is 0 Å². The fraction of sp³-hybridized carbons (Fsp3) is 0.357. The van der Waals surface area contributed by atoms with Crippen LogP contribution in [0.4, 0.5) is 8.78 Å². The molecule has 23 heavy (non-hydrogen) atoms. The second-order valence-corrected chi connectivity index (χ2v) is 5.89. The molecule has 1 aliphatic rings. The predicted octanol–water partition coefficient (Wildman–Crippen LogP) is 1.67. The van der Waals surface area contributed by atoms with Crippen molar-refractivity contribution < 1.29 is 13.6 Å². The molecule has 1 fully saturated rings. The Hall–Kier alpha value is -1.97. The van der Waals surface area contributed by atoms with Crippen LogP contribution in [0, 0.1) is 11.6 Å². The van der Waals surface area contributed by atoms with Crippen molar-refractivity contribution in [3.05, 3.63) is 46.0 Å². The highest BCUT2D eigenvalue weighted by atomic mass is 32.1. The number of carbonyl (C=O) groups is 1. The normalized spacial score (nSPS) is 20.7. The van der Waals surface area contributed by atoms with E-state index < -0.39 is 23.8 Å². The monoisotopic (exact) mass is 339 g/mol. The van der Waals surface area contributed by atoms with Gasteiger partial charge in [0.05, 0.1) is 17.9 Å². The smallest absolute Gasteiger partial charge is 0.266 e. The van der Waals surface area contributed by atoms with E-state index in [2.05, 4.69) is 25.8 Å². The predicted molar refractivity (Wildman–Crippen MR) is 80.5 cm³/mol. The molecule has 0 aliphatic carbocycles. The summed E-state index contributed by atoms with van der Waals surface area (Å²) in [6.45, 7) is 1.89. The highest BCUT2D eigenvalue weighted by Gasteiger charge is 2.30. The van der Waals surface area contributed by atoms with E-state index in [1.54, 1.807) is 0 Å². The van der Waals surface area contributed by atoms with E-state index in [9.17, 15) is 13.6 Å². The molecule has 1 aromatic heterocycles. The molecule has 2 unspecified atom stereocenters. The van der Waals surface area contributed by atoms with Gasteiger partial charge in [0.1, 0.15) is 16.5 Å². The van der Waals surface area contributed by atoms with Crippen LogP contribution >= 0.6 is 11.5 Å². The molecule has 3 rings (SSSR count). The Bertz CT molecular complexity index is 703. The Morgan fingerprint density at radius 3 is 2.83 bits per heavy atom. The van der Waals surface area contributed by atoms with Crippen molar-refractivity contribution in [2.45, 2.75) is 32.0 Å². The molecule has 0 spiro atoms. The van der Waals surface area contributed by atoms with Gasteiger partial charge in [-0.1, -0.05) is 17.5 Å². The Balaban J connectivity index is 1.68. The Morgan fingerprint density at radius 2 is 2.13 bits per heavy atom. The summed E-state index contributed by atoms with van der Waals surface area (Å²) in [4.78, 5) is 12.7. The third-order valence-corrected chi connectivity index (χ3v) is 4.42. The molecular formula is C14H15F2N5OS. The molecule has 1 aliphatic heterocycles. The summed E-state index contributed by atoms with van der Waals surface area (Å²) < 4.78 is 31.4. The number of aryl methyl sites for hydroxylation is 1. The number of halogens is 2. The first-order chi connectivity index (χ1) is 11.1. The van der Waals surface area contributed by atoms with Crippen LogP contribution in [0.3, 0.4) is 0 Å². The molecule has 1 amide bonds. The van der Waals surface area contributed by atoms with Gasteiger partial charge in [-0.05, 0) is 30.1 Å². The lowest BCUT2D eigenvalue weighted by Crippen LogP contribution is -2.44. The van der Waals surface area contributed by atoms with Crippen molar-refractivity contribution >= 4 is 17.4 Å². The molecule has 2 aromatic rings. The highest BCUT2D eigenvalue weighted by molar-refractivity contribution is 7.08. The number of hydrogen-bond acceptors (Lipinski definition) is 6. The standard InChI is InChI=1S/C14H15F2N5OS/c1-2-9-13(23-21-19-9)14(22)17-11-6-10(18-20-11)12-7(15)4-3-5-8(12)16/h3-5,10-11,18,20H,2,6H2,1H3,(H,17,22). The topological polar surface area (TPSA) is 78.9 Å². The third kappa shape index (κ3) is 3.21. The third-order valence-electron chi connectivity index (χ3n) is 3.65. The van der Waals surface area contributed by atoms with Crippen LogP contribution in [0.2, 0.25) is 0 Å². The van der Waals surface area contributed by atoms with Gasteiger partial charge in [-0.3, -0.25) is 4.79 Å². The molecule has 122 valence electrons. The summed E-state index contributed by atoms with van der Waals surface area (Å²) in [6.07, 6.45) is 0.481. The fourth-order valence-corrected chi connectivity index (χ4v) is 3.17. The van der Waals surface area contributed by atoms with Crippen LogP contribution in [0.15, 0.2) is 18.2 Å². The van der Waals surface area contributed by atoms with Crippen LogP contribution < -0.4 is 16.2 Å². The van der Waals surface area contributed by atoms with Crippen molar-refractivity contribution in [1.29, 1.82) is 0 Å². The number of hydrogen-bond donors (Lipinski definition) is 3. The summed E-state index contributed by atoms with van der Waals surface area (Å²) in [7, 11) is 0. The Morgan fingerprint density at radius 1 is 1.39 bits per heavy atom. The molecule has 9 heteroatoms. The van der Waals surface area contributed by atoms with Gasteiger partial charge in [0.25, 0.3) is 5.91 Å². The number of aromatic nitrogens is 2. The van der Waals surface area contributed by atoms with Crippen molar-refractivity contribution in [3.63, 3.8) is 0 Å². The van der Waals surface area contributed by atoms with Crippen molar-refractivity contribution in [1.82, 2.24) is 25.8 Å². The number of nitrogens with zero attached hydrogens (tertiary/aromatic N) is 2. The van der Waals surface area contributed by atoms with Gasteiger partial charge in [0, 0.05) is 12.0 Å². The average molecular weight is 339 g/mol. The zero-order valence-corrected chi connectivity index (χ0v) is 13.1. The highest BCUT2D eigenvalue weighted by Crippen LogP contribution is 2.26. The minimum Gasteiger partial charge on any atom is -0.335 e. The lowest BCUT2D eigenvalue weighted by molar-refractivity contribution is 0.0935. The maximum absolute atomic E-state index is 13.8. The van der Waals surface area contributed by atoms with Gasteiger partial charge < -0.3 is 5.32 Å². The second kappa shape index (κ2) is 6.65. The fourth-order valence-electron chi connectivity index (χ4n) is 2.52. The van der Waals surface area contributed by atoms with Gasteiger partial charge >= 0.3 is 0 Å². The van der Waals surface area contributed by atoms with Crippen molar-refractivity contribution in [2.75, 3.05) is 0 Å². The molecule has 2 atom stereocenters. The van der Waals surface area contributed by atoms with Crippen molar-refractivity contribution in [2.24, 2.45) is 0 Å². The largest absolute Gasteiger partial charge is 0.335 e. The zero-order valence-electron chi connectivity index (χ0n) is 12.3. The first-order valence-corrected chi connectivity index (χ1v) is 7.94. The molecule has 0 radical (unpaired) electrons. The number of hydrazine groups is 1. The SMILES string of the molecule is CCc1nnsc1C(=O)NC1CC(c2c(F)cccc2F)NN1. The van der Waals surface area contributed by atoms with E-state index >= 15 is 0 Å². The van der Waals surface area contributed by atoms with E-state index in [1.165, 1.54) is 18.2 Å². The number of amides is 1. The Kier molecular flexibility index (Phi) is 4.60. The maximum atomic E-state index is 13.8. The number of carbonyl (C=O) groups excluding carboxylic acids is 1. The molecule has 3 N–H and O–H groups in total. The van der Waals surface area contributed by atoms with Gasteiger partial charge in [-0.25, -0.2) is 19.6 Å². The minimum absolute atomic E-state index is 0.0366. The van der Waals surface area contributed by atoms with Crippen LogP contribution in [0.25, 0.3) is 0 Å². The van der Waals surface area contributed by atoms with E-state index in [0.29, 0.717) is 23.4 Å². The van der Waals surface area contributed by atoms with E-state index in [-0.39, 0.29) is 11.5 Å². The number of rotatable bonds is 4. The second-order valence-electron chi connectivity index (χ2n) is 5.14. The summed E-state index contributed by atoms with van der Waals surface area (Å²) in [5.41, 5.74) is 6.25. The maximum Gasteiger partial charge on any atom is 0.266 e. The summed E-state index contributed by atoms with van der Waals surface area (Å²) in [6, 6.07) is 3.18. The molecule has 1 aromatic carbocycles. The molecule has 0 bridgehead atoms. The van der Waals surface area contributed by atoms with Crippen LogP contribution in [-0.2, 0) is 6.42 Å². The molecule has 2 heterocycles. The summed E-state index contributed by atoms with van der Waals surface area (Å²) >= 11 is 1.03. The van der Waals surface area contributed by atoms with Crippen LogP contribution in [0.1, 0.15) is 40.3 Å². The van der Waals surface area contributed by atoms with Gasteiger partial charge in [0.15, 0.2) is 0 Å². The first-order valence-electron chi connectivity index (χ1n) is 7.17. The average Bonchev–Trinajstić information content (AvgIpc) is 3.16. The summed E-state index contributed by atoms with van der Waals surface area (Å²) in [5, 5.41) is 6.66. The van der Waals surface area contributed by atoms with Gasteiger partial charge in [-0.15, -0.1) is 5.10 Å². The quantitative estimate of drug-likeness (QED) is 0.790. The Labute approximate surface area is 135 Å². The molecular weight excluding hydrogens is 324 g/mol. The zero-order chi connectivity index (χ0) is 16.4. The summed E-state index contributed by atoms with van der Waals surface area (Å²) in [5.74, 6) is -1.53. The number of nitrogens with one attached hydrogen (secondary N) is 3. The lowest BCUT2D eigenvalue weighted by atomic mass is 10.0. The van der Waals surface area contributed by atoms with Gasteiger partial charge in [-0.2, -0.15) is 0 Å². The molecule has 0 saturated carbocycles. The first kappa shape index (κ1) is 15.9. The minimum atomic E-state index is -0.615. The molecule has 1 saturated heterocycles. The number of benzene rings is 1.